The van der Waals surface area contributed by atoms with E-state index in [9.17, 15) is 35.9 Å². The standard InChI is InChI=1S/C24H24F6N2O3/c1-5-22(12-32(20(33)19(22)35-4)18-13(2)7-6-8-14(18)3)21(34)31-17-10-15(23(25,26)27)9-16(11-17)24(28,29)30/h6-11,19H,5,12H2,1-4H3,(H,31,34)/t19?,22-/m1/s1. The summed E-state index contributed by atoms with van der Waals surface area (Å²) in [6.45, 7) is 5.00. The SMILES string of the molecule is CC[C@@]1(C(=O)Nc2cc(C(F)(F)F)cc(C(F)(F)F)c2)CN(c2c(C)cccc2C)C(=O)C1OC. The lowest BCUT2D eigenvalue weighted by Crippen LogP contribution is -2.46. The third-order valence-corrected chi connectivity index (χ3v) is 6.31. The Bertz CT molecular complexity index is 1090. The smallest absolute Gasteiger partial charge is 0.370 e. The fourth-order valence-electron chi connectivity index (χ4n) is 4.50. The number of ether oxygens (including phenoxy) is 1. The van der Waals surface area contributed by atoms with E-state index in [1.54, 1.807) is 39.0 Å². The van der Waals surface area contributed by atoms with E-state index in [4.69, 9.17) is 4.74 Å². The molecule has 0 spiro atoms. The Morgan fingerprint density at radius 2 is 1.57 bits per heavy atom. The molecular weight excluding hydrogens is 478 g/mol. The van der Waals surface area contributed by atoms with Gasteiger partial charge in [0.05, 0.1) is 11.1 Å². The largest absolute Gasteiger partial charge is 0.416 e. The zero-order valence-corrected chi connectivity index (χ0v) is 19.4. The molecule has 35 heavy (non-hydrogen) atoms. The number of hydrogen-bond donors (Lipinski definition) is 1. The first-order valence-electron chi connectivity index (χ1n) is 10.7. The van der Waals surface area contributed by atoms with Crippen LogP contribution in [0.5, 0.6) is 0 Å². The van der Waals surface area contributed by atoms with E-state index in [2.05, 4.69) is 5.32 Å². The molecule has 1 fully saturated rings. The lowest BCUT2D eigenvalue weighted by atomic mass is 9.80. The lowest BCUT2D eigenvalue weighted by Gasteiger charge is -2.30. The number of halogens is 6. The number of rotatable bonds is 5. The van der Waals surface area contributed by atoms with Gasteiger partial charge >= 0.3 is 12.4 Å². The van der Waals surface area contributed by atoms with Crippen LogP contribution in [0.25, 0.3) is 0 Å². The van der Waals surface area contributed by atoms with Crippen molar-refractivity contribution in [1.29, 1.82) is 0 Å². The molecule has 2 aromatic rings. The van der Waals surface area contributed by atoms with Gasteiger partial charge in [0.1, 0.15) is 5.41 Å². The Kier molecular flexibility index (Phi) is 6.95. The van der Waals surface area contributed by atoms with Gasteiger partial charge in [-0.1, -0.05) is 25.1 Å². The highest BCUT2D eigenvalue weighted by atomic mass is 19.4. The molecule has 0 aromatic heterocycles. The van der Waals surface area contributed by atoms with Crippen molar-refractivity contribution in [3.63, 3.8) is 0 Å². The molecule has 1 unspecified atom stereocenters. The Hall–Kier alpha value is -3.08. The van der Waals surface area contributed by atoms with E-state index in [0.29, 0.717) is 17.8 Å². The fourth-order valence-corrected chi connectivity index (χ4v) is 4.50. The highest BCUT2D eigenvalue weighted by molar-refractivity contribution is 6.09. The van der Waals surface area contributed by atoms with E-state index in [1.807, 2.05) is 0 Å². The van der Waals surface area contributed by atoms with Gasteiger partial charge in [0.15, 0.2) is 6.10 Å². The molecule has 0 saturated carbocycles. The van der Waals surface area contributed by atoms with Crippen LogP contribution < -0.4 is 10.2 Å². The number of nitrogens with one attached hydrogen (secondary N) is 1. The molecule has 2 aromatic carbocycles. The summed E-state index contributed by atoms with van der Waals surface area (Å²) in [5, 5.41) is 2.19. The van der Waals surface area contributed by atoms with Gasteiger partial charge < -0.3 is 15.0 Å². The number of methoxy groups -OCH3 is 1. The maximum Gasteiger partial charge on any atom is 0.416 e. The highest BCUT2D eigenvalue weighted by Crippen LogP contribution is 2.43. The Balaban J connectivity index is 2.05. The van der Waals surface area contributed by atoms with Gasteiger partial charge in [-0.15, -0.1) is 0 Å². The van der Waals surface area contributed by atoms with Crippen LogP contribution in [0.1, 0.15) is 35.6 Å². The number of amides is 2. The van der Waals surface area contributed by atoms with Crippen LogP contribution in [0.2, 0.25) is 0 Å². The van der Waals surface area contributed by atoms with Crippen LogP contribution in [-0.2, 0) is 26.7 Å². The Labute approximate surface area is 198 Å². The predicted octanol–water partition coefficient (Wildman–Crippen LogP) is 5.74. The molecule has 1 aliphatic rings. The van der Waals surface area contributed by atoms with Crippen LogP contribution in [0.4, 0.5) is 37.7 Å². The van der Waals surface area contributed by atoms with Gasteiger partial charge in [-0.05, 0) is 49.6 Å². The molecule has 1 heterocycles. The summed E-state index contributed by atoms with van der Waals surface area (Å²) in [6.07, 6.45) is -11.4. The number of benzene rings is 2. The molecule has 1 N–H and O–H groups in total. The Morgan fingerprint density at radius 3 is 2.00 bits per heavy atom. The van der Waals surface area contributed by atoms with Crippen LogP contribution >= 0.6 is 0 Å². The third-order valence-electron chi connectivity index (χ3n) is 6.31. The van der Waals surface area contributed by atoms with Crippen LogP contribution in [0.3, 0.4) is 0 Å². The zero-order chi connectivity index (χ0) is 26.3. The zero-order valence-electron chi connectivity index (χ0n) is 19.4. The van der Waals surface area contributed by atoms with E-state index in [1.165, 1.54) is 12.0 Å². The summed E-state index contributed by atoms with van der Waals surface area (Å²) in [5.41, 5.74) is -3.28. The normalized spacial score (nSPS) is 20.9. The number of carbonyl (C=O) groups excluding carboxylic acids is 2. The number of para-hydroxylation sites is 1. The second kappa shape index (κ2) is 9.18. The van der Waals surface area contributed by atoms with Crippen LogP contribution in [-0.4, -0.2) is 31.6 Å². The third kappa shape index (κ3) is 4.86. The topological polar surface area (TPSA) is 58.6 Å². The monoisotopic (exact) mass is 502 g/mol. The quantitative estimate of drug-likeness (QED) is 0.531. The number of hydrogen-bond acceptors (Lipinski definition) is 3. The first-order valence-corrected chi connectivity index (χ1v) is 10.7. The van der Waals surface area contributed by atoms with Crippen molar-refractivity contribution in [2.75, 3.05) is 23.9 Å². The average molecular weight is 502 g/mol. The summed E-state index contributed by atoms with van der Waals surface area (Å²) in [6, 6.07) is 6.20. The van der Waals surface area contributed by atoms with Gasteiger partial charge in [-0.2, -0.15) is 26.3 Å². The number of carbonyl (C=O) groups is 2. The molecule has 2 atom stereocenters. The van der Waals surface area contributed by atoms with Crippen molar-refractivity contribution in [1.82, 2.24) is 0 Å². The molecule has 1 aliphatic heterocycles. The molecule has 11 heteroatoms. The highest BCUT2D eigenvalue weighted by Gasteiger charge is 2.57. The summed E-state index contributed by atoms with van der Waals surface area (Å²) >= 11 is 0. The van der Waals surface area contributed by atoms with E-state index in [0.717, 1.165) is 11.1 Å². The number of nitrogens with zero attached hydrogens (tertiary/aromatic N) is 1. The minimum atomic E-state index is -5.07. The molecule has 0 bridgehead atoms. The second-order valence-electron chi connectivity index (χ2n) is 8.54. The number of aryl methyl sites for hydroxylation is 2. The van der Waals surface area contributed by atoms with Crippen molar-refractivity contribution in [3.05, 3.63) is 58.7 Å². The average Bonchev–Trinajstić information content (AvgIpc) is 3.04. The summed E-state index contributed by atoms with van der Waals surface area (Å²) in [5.74, 6) is -1.44. The minimum absolute atomic E-state index is 0.0228. The molecule has 2 amide bonds. The summed E-state index contributed by atoms with van der Waals surface area (Å²) in [4.78, 5) is 28.1. The van der Waals surface area contributed by atoms with Gasteiger partial charge in [-0.25, -0.2) is 0 Å². The van der Waals surface area contributed by atoms with Crippen molar-refractivity contribution in [2.45, 2.75) is 45.6 Å². The molecule has 5 nitrogen and oxygen atoms in total. The van der Waals surface area contributed by atoms with Crippen LogP contribution in [0, 0.1) is 19.3 Å². The molecular formula is C24H24F6N2O3. The van der Waals surface area contributed by atoms with Gasteiger partial charge in [0, 0.05) is 25.0 Å². The minimum Gasteiger partial charge on any atom is -0.370 e. The van der Waals surface area contributed by atoms with Crippen molar-refractivity contribution in [2.24, 2.45) is 5.41 Å². The van der Waals surface area contributed by atoms with E-state index in [-0.39, 0.29) is 19.0 Å². The molecule has 3 rings (SSSR count). The van der Waals surface area contributed by atoms with Crippen molar-refractivity contribution >= 4 is 23.2 Å². The lowest BCUT2D eigenvalue weighted by molar-refractivity contribution is -0.143. The maximum atomic E-state index is 13.4. The Morgan fingerprint density at radius 1 is 1.06 bits per heavy atom. The number of alkyl halides is 6. The number of anilines is 2. The predicted molar refractivity (Wildman–Crippen MR) is 117 cm³/mol. The second-order valence-corrected chi connectivity index (χ2v) is 8.54. The maximum absolute atomic E-state index is 13.4. The summed E-state index contributed by atoms with van der Waals surface area (Å²) < 4.78 is 84.8. The van der Waals surface area contributed by atoms with Crippen LogP contribution in [0.15, 0.2) is 36.4 Å². The van der Waals surface area contributed by atoms with Gasteiger partial charge in [-0.3, -0.25) is 9.59 Å². The van der Waals surface area contributed by atoms with E-state index < -0.39 is 52.5 Å². The van der Waals surface area contributed by atoms with E-state index >= 15 is 0 Å². The van der Waals surface area contributed by atoms with Gasteiger partial charge in [0.25, 0.3) is 5.91 Å². The van der Waals surface area contributed by atoms with Crippen molar-refractivity contribution < 1.29 is 40.7 Å². The first kappa shape index (κ1) is 26.5. The van der Waals surface area contributed by atoms with Crippen molar-refractivity contribution in [3.8, 4) is 0 Å². The molecule has 0 radical (unpaired) electrons. The molecule has 190 valence electrons. The van der Waals surface area contributed by atoms with Gasteiger partial charge in [0.2, 0.25) is 5.91 Å². The molecule has 1 saturated heterocycles. The fraction of sp³-hybridized carbons (Fsp3) is 0.417. The molecule has 0 aliphatic carbocycles. The summed E-state index contributed by atoms with van der Waals surface area (Å²) in [7, 11) is 1.22. The first-order chi connectivity index (χ1) is 16.2.